The van der Waals surface area contributed by atoms with E-state index in [0.717, 1.165) is 6.54 Å². The zero-order valence-electron chi connectivity index (χ0n) is 10.2. The van der Waals surface area contributed by atoms with Crippen LogP contribution in [-0.2, 0) is 0 Å². The number of aromatic nitrogens is 2. The highest BCUT2D eigenvalue weighted by atomic mass is 35.5. The Morgan fingerprint density at radius 2 is 1.94 bits per heavy atom. The van der Waals surface area contributed by atoms with Gasteiger partial charge in [-0.15, -0.1) is 0 Å². The minimum Gasteiger partial charge on any atom is -0.350 e. The second-order valence-electron chi connectivity index (χ2n) is 4.63. The first-order valence-corrected chi connectivity index (χ1v) is 6.58. The van der Waals surface area contributed by atoms with Crippen molar-refractivity contribution in [3.8, 4) is 0 Å². The van der Waals surface area contributed by atoms with Gasteiger partial charge in [-0.3, -0.25) is 0 Å². The third-order valence-electron chi connectivity index (χ3n) is 2.98. The lowest BCUT2D eigenvalue weighted by Crippen LogP contribution is -2.38. The van der Waals surface area contributed by atoms with Gasteiger partial charge in [-0.25, -0.2) is 9.97 Å². The van der Waals surface area contributed by atoms with E-state index in [4.69, 9.17) is 11.6 Å². The summed E-state index contributed by atoms with van der Waals surface area (Å²) in [6.45, 7) is 5.64. The molecule has 2 heterocycles. The van der Waals surface area contributed by atoms with Crippen LogP contribution in [0.3, 0.4) is 0 Å². The Kier molecular flexibility index (Phi) is 4.57. The molecule has 5 heteroatoms. The molecular formula is C12H19ClN4. The smallest absolute Gasteiger partial charge is 0.222 e. The van der Waals surface area contributed by atoms with E-state index in [1.165, 1.54) is 32.4 Å². The Hall–Kier alpha value is -0.870. The summed E-state index contributed by atoms with van der Waals surface area (Å²) < 4.78 is 0. The maximum Gasteiger partial charge on any atom is 0.222 e. The van der Waals surface area contributed by atoms with Crippen LogP contribution in [0, 0.1) is 0 Å². The van der Waals surface area contributed by atoms with Gasteiger partial charge in [0.05, 0.1) is 17.4 Å². The number of rotatable bonds is 4. The van der Waals surface area contributed by atoms with E-state index in [0.29, 0.717) is 17.0 Å². The van der Waals surface area contributed by atoms with Crippen LogP contribution in [0.25, 0.3) is 0 Å². The summed E-state index contributed by atoms with van der Waals surface area (Å²) in [7, 11) is 0. The van der Waals surface area contributed by atoms with Crippen molar-refractivity contribution in [2.75, 3.05) is 25.0 Å². The lowest BCUT2D eigenvalue weighted by atomic mass is 10.1. The molecule has 0 amide bonds. The van der Waals surface area contributed by atoms with Gasteiger partial charge in [0.15, 0.2) is 0 Å². The molecule has 0 aliphatic carbocycles. The van der Waals surface area contributed by atoms with Gasteiger partial charge in [0.1, 0.15) is 0 Å². The van der Waals surface area contributed by atoms with Gasteiger partial charge in [-0.05, 0) is 32.9 Å². The van der Waals surface area contributed by atoms with Crippen molar-refractivity contribution in [2.24, 2.45) is 0 Å². The molecule has 1 fully saturated rings. The molecular weight excluding hydrogens is 236 g/mol. The maximum absolute atomic E-state index is 5.74. The topological polar surface area (TPSA) is 41.0 Å². The maximum atomic E-state index is 5.74. The lowest BCUT2D eigenvalue weighted by molar-refractivity contribution is 0.223. The normalized spacial score (nSPS) is 18.9. The van der Waals surface area contributed by atoms with E-state index < -0.39 is 0 Å². The van der Waals surface area contributed by atoms with E-state index in [2.05, 4.69) is 27.1 Å². The van der Waals surface area contributed by atoms with Crippen LogP contribution in [0.5, 0.6) is 0 Å². The zero-order chi connectivity index (χ0) is 12.1. The molecule has 1 aromatic rings. The van der Waals surface area contributed by atoms with Crippen LogP contribution in [0.2, 0.25) is 5.02 Å². The fraction of sp³-hybridized carbons (Fsp3) is 0.667. The number of nitrogens with zero attached hydrogens (tertiary/aromatic N) is 3. The van der Waals surface area contributed by atoms with Crippen LogP contribution in [0.1, 0.15) is 26.2 Å². The fourth-order valence-corrected chi connectivity index (χ4v) is 2.28. The summed E-state index contributed by atoms with van der Waals surface area (Å²) in [5.74, 6) is 0.652. The van der Waals surface area contributed by atoms with E-state index >= 15 is 0 Å². The molecule has 0 bridgehead atoms. The van der Waals surface area contributed by atoms with Crippen molar-refractivity contribution < 1.29 is 0 Å². The summed E-state index contributed by atoms with van der Waals surface area (Å²) in [4.78, 5) is 10.8. The molecule has 1 aliphatic heterocycles. The minimum atomic E-state index is 0.356. The summed E-state index contributed by atoms with van der Waals surface area (Å²) in [5, 5.41) is 3.86. The average molecular weight is 255 g/mol. The first-order valence-electron chi connectivity index (χ1n) is 6.20. The second kappa shape index (κ2) is 6.17. The molecule has 1 atom stereocenters. The number of nitrogens with one attached hydrogen (secondary N) is 1. The first kappa shape index (κ1) is 12.6. The van der Waals surface area contributed by atoms with Crippen LogP contribution in [-0.4, -0.2) is 40.5 Å². The SMILES string of the molecule is CC(CN1CCCCC1)Nc1ncc(Cl)cn1. The molecule has 2 rings (SSSR count). The third-order valence-corrected chi connectivity index (χ3v) is 3.17. The molecule has 1 unspecified atom stereocenters. The van der Waals surface area contributed by atoms with E-state index in [9.17, 15) is 0 Å². The van der Waals surface area contributed by atoms with Gasteiger partial charge < -0.3 is 10.2 Å². The number of hydrogen-bond acceptors (Lipinski definition) is 4. The molecule has 0 radical (unpaired) electrons. The van der Waals surface area contributed by atoms with Crippen molar-refractivity contribution in [3.63, 3.8) is 0 Å². The number of halogens is 1. The Morgan fingerprint density at radius 3 is 2.59 bits per heavy atom. The first-order chi connectivity index (χ1) is 8.24. The average Bonchev–Trinajstić information content (AvgIpc) is 2.33. The highest BCUT2D eigenvalue weighted by Gasteiger charge is 2.13. The van der Waals surface area contributed by atoms with Crippen molar-refractivity contribution in [3.05, 3.63) is 17.4 Å². The second-order valence-corrected chi connectivity index (χ2v) is 5.07. The molecule has 1 aliphatic rings. The highest BCUT2D eigenvalue weighted by molar-refractivity contribution is 6.30. The molecule has 0 spiro atoms. The number of likely N-dealkylation sites (tertiary alicyclic amines) is 1. The largest absolute Gasteiger partial charge is 0.350 e. The van der Waals surface area contributed by atoms with E-state index in [1.54, 1.807) is 12.4 Å². The Labute approximate surface area is 107 Å². The molecule has 94 valence electrons. The molecule has 1 saturated heterocycles. The highest BCUT2D eigenvalue weighted by Crippen LogP contribution is 2.11. The standard InChI is InChI=1S/C12H19ClN4/c1-10(9-17-5-3-2-4-6-17)16-12-14-7-11(13)8-15-12/h7-8,10H,2-6,9H2,1H3,(H,14,15,16). The molecule has 4 nitrogen and oxygen atoms in total. The Balaban J connectivity index is 1.79. The quantitative estimate of drug-likeness (QED) is 0.896. The van der Waals surface area contributed by atoms with Gasteiger partial charge in [0.2, 0.25) is 5.95 Å². The molecule has 17 heavy (non-hydrogen) atoms. The molecule has 0 saturated carbocycles. The number of hydrogen-bond donors (Lipinski definition) is 1. The predicted octanol–water partition coefficient (Wildman–Crippen LogP) is 2.42. The van der Waals surface area contributed by atoms with Crippen LogP contribution < -0.4 is 5.32 Å². The summed E-state index contributed by atoms with van der Waals surface area (Å²) in [6, 6.07) is 0.356. The summed E-state index contributed by atoms with van der Waals surface area (Å²) >= 11 is 5.74. The van der Waals surface area contributed by atoms with Crippen molar-refractivity contribution in [2.45, 2.75) is 32.2 Å². The van der Waals surface area contributed by atoms with Crippen molar-refractivity contribution in [1.82, 2.24) is 14.9 Å². The van der Waals surface area contributed by atoms with Gasteiger partial charge in [0, 0.05) is 12.6 Å². The van der Waals surface area contributed by atoms with Gasteiger partial charge in [0.25, 0.3) is 0 Å². The minimum absolute atomic E-state index is 0.356. The number of piperidine rings is 1. The van der Waals surface area contributed by atoms with Crippen LogP contribution in [0.15, 0.2) is 12.4 Å². The zero-order valence-corrected chi connectivity index (χ0v) is 11.0. The molecule has 0 aromatic carbocycles. The van der Waals surface area contributed by atoms with Gasteiger partial charge in [-0.2, -0.15) is 0 Å². The Morgan fingerprint density at radius 1 is 1.29 bits per heavy atom. The monoisotopic (exact) mass is 254 g/mol. The van der Waals surface area contributed by atoms with E-state index in [1.807, 2.05) is 0 Å². The summed E-state index contributed by atoms with van der Waals surface area (Å²) in [6.07, 6.45) is 7.25. The summed E-state index contributed by atoms with van der Waals surface area (Å²) in [5.41, 5.74) is 0. The molecule has 1 aromatic heterocycles. The van der Waals surface area contributed by atoms with Crippen LogP contribution >= 0.6 is 11.6 Å². The van der Waals surface area contributed by atoms with Gasteiger partial charge >= 0.3 is 0 Å². The van der Waals surface area contributed by atoms with Gasteiger partial charge in [-0.1, -0.05) is 18.0 Å². The van der Waals surface area contributed by atoms with Crippen molar-refractivity contribution in [1.29, 1.82) is 0 Å². The predicted molar refractivity (Wildman–Crippen MR) is 70.4 cm³/mol. The lowest BCUT2D eigenvalue weighted by Gasteiger charge is -2.29. The van der Waals surface area contributed by atoms with E-state index in [-0.39, 0.29) is 0 Å². The molecule has 1 N–H and O–H groups in total. The fourth-order valence-electron chi connectivity index (χ4n) is 2.18. The van der Waals surface area contributed by atoms with Crippen LogP contribution in [0.4, 0.5) is 5.95 Å². The van der Waals surface area contributed by atoms with Crippen molar-refractivity contribution >= 4 is 17.5 Å². The Bertz CT molecular complexity index is 335. The number of anilines is 1. The third kappa shape index (κ3) is 4.13.